The van der Waals surface area contributed by atoms with Gasteiger partial charge in [0.15, 0.2) is 0 Å². The van der Waals surface area contributed by atoms with Gasteiger partial charge in [-0.15, -0.1) is 24.5 Å². The Balaban J connectivity index is 1.80. The lowest BCUT2D eigenvalue weighted by Gasteiger charge is -2.16. The molecular formula is C17H15F3N4O3S. The molecule has 0 fully saturated rings. The highest BCUT2D eigenvalue weighted by Crippen LogP contribution is 2.24. The number of halogens is 3. The molecule has 0 unspecified atom stereocenters. The molecule has 0 aliphatic rings. The number of hydrogen-bond donors (Lipinski definition) is 2. The maximum Gasteiger partial charge on any atom is 0.573 e. The highest BCUT2D eigenvalue weighted by Gasteiger charge is 2.30. The van der Waals surface area contributed by atoms with Gasteiger partial charge >= 0.3 is 6.36 Å². The number of likely N-dealkylation sites (N-methyl/N-ethyl adjacent to an activating group) is 1. The van der Waals surface area contributed by atoms with Crippen molar-refractivity contribution in [2.24, 2.45) is 0 Å². The first-order valence-electron chi connectivity index (χ1n) is 7.78. The van der Waals surface area contributed by atoms with Gasteiger partial charge in [-0.1, -0.05) is 0 Å². The molecule has 2 rings (SSSR count). The van der Waals surface area contributed by atoms with Gasteiger partial charge in [-0.3, -0.25) is 14.5 Å². The van der Waals surface area contributed by atoms with Crippen molar-refractivity contribution in [1.82, 2.24) is 4.90 Å². The third-order valence-electron chi connectivity index (χ3n) is 3.24. The molecule has 1 aromatic heterocycles. The minimum absolute atomic E-state index is 0.0887. The normalized spacial score (nSPS) is 11.0. The minimum atomic E-state index is -4.79. The number of nitriles is 1. The smallest absolute Gasteiger partial charge is 0.406 e. The average Bonchev–Trinajstić information content (AvgIpc) is 3.01. The maximum atomic E-state index is 12.1. The molecule has 148 valence electrons. The molecule has 0 saturated carbocycles. The first kappa shape index (κ1) is 21.2. The molecule has 7 nitrogen and oxygen atoms in total. The van der Waals surface area contributed by atoms with Gasteiger partial charge < -0.3 is 15.4 Å². The molecule has 2 amide bonds. The Morgan fingerprint density at radius 2 is 1.75 bits per heavy atom. The Hall–Kier alpha value is -3.10. The summed E-state index contributed by atoms with van der Waals surface area (Å²) in [6.45, 7) is -0.210. The van der Waals surface area contributed by atoms with E-state index in [9.17, 15) is 22.8 Å². The molecule has 0 aliphatic heterocycles. The van der Waals surface area contributed by atoms with Crippen LogP contribution in [0.4, 0.5) is 23.9 Å². The van der Waals surface area contributed by atoms with E-state index in [4.69, 9.17) is 5.26 Å². The summed E-state index contributed by atoms with van der Waals surface area (Å²) in [5, 5.41) is 16.1. The molecule has 2 N–H and O–H groups in total. The first-order valence-corrected chi connectivity index (χ1v) is 8.66. The number of ether oxygens (including phenoxy) is 1. The van der Waals surface area contributed by atoms with Crippen molar-refractivity contribution in [3.8, 4) is 11.8 Å². The van der Waals surface area contributed by atoms with Crippen LogP contribution in [0, 0.1) is 11.3 Å². The molecule has 0 bridgehead atoms. The van der Waals surface area contributed by atoms with Crippen molar-refractivity contribution >= 4 is 33.8 Å². The van der Waals surface area contributed by atoms with Gasteiger partial charge in [-0.05, 0) is 42.8 Å². The Morgan fingerprint density at radius 3 is 2.32 bits per heavy atom. The van der Waals surface area contributed by atoms with Crippen LogP contribution in [0.3, 0.4) is 0 Å². The maximum absolute atomic E-state index is 12.1. The van der Waals surface area contributed by atoms with Crippen LogP contribution >= 0.6 is 11.3 Å². The predicted octanol–water partition coefficient (Wildman–Crippen LogP) is 3.03. The summed E-state index contributed by atoms with van der Waals surface area (Å²) in [7, 11) is 1.55. The Kier molecular flexibility index (Phi) is 6.97. The van der Waals surface area contributed by atoms with Crippen molar-refractivity contribution < 1.29 is 27.5 Å². The summed E-state index contributed by atoms with van der Waals surface area (Å²) in [6.07, 6.45) is -4.79. The topological polar surface area (TPSA) is 94.5 Å². The van der Waals surface area contributed by atoms with E-state index in [1.807, 2.05) is 6.07 Å². The van der Waals surface area contributed by atoms with Gasteiger partial charge in [0, 0.05) is 5.69 Å². The number of benzene rings is 1. The number of nitrogens with zero attached hydrogens (tertiary/aromatic N) is 2. The third-order valence-corrected chi connectivity index (χ3v) is 4.07. The molecule has 0 saturated heterocycles. The van der Waals surface area contributed by atoms with E-state index in [0.29, 0.717) is 10.6 Å². The largest absolute Gasteiger partial charge is 0.573 e. The van der Waals surface area contributed by atoms with Crippen LogP contribution in [0.5, 0.6) is 5.75 Å². The molecule has 0 aliphatic carbocycles. The second-order valence-electron chi connectivity index (χ2n) is 5.62. The van der Waals surface area contributed by atoms with Crippen molar-refractivity contribution in [3.05, 3.63) is 41.3 Å². The molecule has 0 spiro atoms. The molecule has 0 atom stereocenters. The number of hydrogen-bond acceptors (Lipinski definition) is 6. The molecule has 1 aromatic carbocycles. The van der Waals surface area contributed by atoms with E-state index < -0.39 is 18.0 Å². The quantitative estimate of drug-likeness (QED) is 0.729. The molecule has 28 heavy (non-hydrogen) atoms. The fraction of sp³-hybridized carbons (Fsp3) is 0.235. The monoisotopic (exact) mass is 412 g/mol. The fourth-order valence-corrected chi connectivity index (χ4v) is 2.90. The van der Waals surface area contributed by atoms with E-state index in [0.717, 1.165) is 12.1 Å². The summed E-state index contributed by atoms with van der Waals surface area (Å²) in [5.74, 6) is -1.24. The lowest BCUT2D eigenvalue weighted by atomic mass is 10.3. The SMILES string of the molecule is CN(CC(=O)Nc1ccc(OC(F)(F)F)cc1)CC(=O)Nc1sccc1C#N. The second kappa shape index (κ2) is 9.20. The number of rotatable bonds is 7. The standard InChI is InChI=1S/C17H15F3N4O3S/c1-24(10-15(26)23-16-11(8-21)6-7-28-16)9-14(25)22-12-2-4-13(5-3-12)27-17(18,19)20/h2-7H,9-10H2,1H3,(H,22,25)(H,23,26). The lowest BCUT2D eigenvalue weighted by molar-refractivity contribution is -0.274. The average molecular weight is 412 g/mol. The van der Waals surface area contributed by atoms with Crippen molar-refractivity contribution in [3.63, 3.8) is 0 Å². The number of carbonyl (C=O) groups excluding carboxylic acids is 2. The van der Waals surface area contributed by atoms with E-state index in [1.165, 1.54) is 28.4 Å². The second-order valence-corrected chi connectivity index (χ2v) is 6.53. The van der Waals surface area contributed by atoms with Gasteiger partial charge in [-0.2, -0.15) is 5.26 Å². The van der Waals surface area contributed by atoms with E-state index in [2.05, 4.69) is 15.4 Å². The fourth-order valence-electron chi connectivity index (χ4n) is 2.15. The highest BCUT2D eigenvalue weighted by atomic mass is 32.1. The molecule has 2 aromatic rings. The van der Waals surface area contributed by atoms with Crippen LogP contribution in [0.15, 0.2) is 35.7 Å². The highest BCUT2D eigenvalue weighted by molar-refractivity contribution is 7.14. The number of amides is 2. The number of thiophene rings is 1. The molecule has 1 heterocycles. The van der Waals surface area contributed by atoms with Gasteiger partial charge in [0.25, 0.3) is 0 Å². The van der Waals surface area contributed by atoms with Crippen LogP contribution in [0.25, 0.3) is 0 Å². The van der Waals surface area contributed by atoms with E-state index in [-0.39, 0.29) is 24.7 Å². The van der Waals surface area contributed by atoms with Crippen molar-refractivity contribution in [2.75, 3.05) is 30.8 Å². The Morgan fingerprint density at radius 1 is 1.14 bits per heavy atom. The van der Waals surface area contributed by atoms with Gasteiger partial charge in [0.1, 0.15) is 16.8 Å². The minimum Gasteiger partial charge on any atom is -0.406 e. The zero-order valence-electron chi connectivity index (χ0n) is 14.5. The van der Waals surface area contributed by atoms with Crippen LogP contribution < -0.4 is 15.4 Å². The van der Waals surface area contributed by atoms with Crippen molar-refractivity contribution in [2.45, 2.75) is 6.36 Å². The van der Waals surface area contributed by atoms with Crippen LogP contribution in [-0.4, -0.2) is 43.2 Å². The Labute approximate surface area is 162 Å². The van der Waals surface area contributed by atoms with Crippen molar-refractivity contribution in [1.29, 1.82) is 5.26 Å². The van der Waals surface area contributed by atoms with Gasteiger partial charge in [-0.25, -0.2) is 0 Å². The Bertz CT molecular complexity index is 875. The molecule has 0 radical (unpaired) electrons. The summed E-state index contributed by atoms with van der Waals surface area (Å²) in [5.41, 5.74) is 0.645. The zero-order valence-corrected chi connectivity index (χ0v) is 15.4. The van der Waals surface area contributed by atoms with E-state index >= 15 is 0 Å². The number of carbonyl (C=O) groups is 2. The summed E-state index contributed by atoms with van der Waals surface area (Å²) < 4.78 is 40.1. The van der Waals surface area contributed by atoms with Crippen LogP contribution in [0.1, 0.15) is 5.56 Å². The van der Waals surface area contributed by atoms with Crippen LogP contribution in [-0.2, 0) is 9.59 Å². The number of nitrogens with one attached hydrogen (secondary N) is 2. The summed E-state index contributed by atoms with van der Waals surface area (Å²) in [4.78, 5) is 25.4. The van der Waals surface area contributed by atoms with Gasteiger partial charge in [0.2, 0.25) is 11.8 Å². The molecule has 11 heteroatoms. The van der Waals surface area contributed by atoms with Gasteiger partial charge in [0.05, 0.1) is 18.7 Å². The summed E-state index contributed by atoms with van der Waals surface area (Å²) in [6, 6.07) is 8.24. The van der Waals surface area contributed by atoms with E-state index in [1.54, 1.807) is 18.5 Å². The molecular weight excluding hydrogens is 397 g/mol. The number of anilines is 2. The predicted molar refractivity (Wildman–Crippen MR) is 96.9 cm³/mol. The number of alkyl halides is 3. The lowest BCUT2D eigenvalue weighted by Crippen LogP contribution is -2.36. The van der Waals surface area contributed by atoms with Crippen LogP contribution in [0.2, 0.25) is 0 Å². The summed E-state index contributed by atoms with van der Waals surface area (Å²) >= 11 is 1.22. The first-order chi connectivity index (χ1) is 13.2. The zero-order chi connectivity index (χ0) is 20.7. The third kappa shape index (κ3) is 6.90.